The zero-order valence-corrected chi connectivity index (χ0v) is 16.2. The van der Waals surface area contributed by atoms with Crippen LogP contribution in [0.15, 0.2) is 54.7 Å². The minimum Gasteiger partial charge on any atom is -0.395 e. The fourth-order valence-electron chi connectivity index (χ4n) is 4.85. The van der Waals surface area contributed by atoms with Crippen molar-refractivity contribution >= 4 is 5.91 Å². The van der Waals surface area contributed by atoms with Crippen molar-refractivity contribution in [3.8, 4) is 0 Å². The number of hydrogen-bond acceptors (Lipinski definition) is 4. The van der Waals surface area contributed by atoms with Crippen LogP contribution in [-0.4, -0.2) is 46.1 Å². The van der Waals surface area contributed by atoms with Gasteiger partial charge < -0.3 is 10.4 Å². The molecule has 5 nitrogen and oxygen atoms in total. The number of benzene rings is 1. The Labute approximate surface area is 166 Å². The molecule has 1 amide bonds. The maximum atomic E-state index is 12.6. The van der Waals surface area contributed by atoms with E-state index in [9.17, 15) is 9.90 Å². The monoisotopic (exact) mass is 379 g/mol. The van der Waals surface area contributed by atoms with Crippen LogP contribution >= 0.6 is 0 Å². The lowest BCUT2D eigenvalue weighted by molar-refractivity contribution is -0.126. The van der Waals surface area contributed by atoms with Crippen LogP contribution in [-0.2, 0) is 11.3 Å². The maximum Gasteiger partial charge on any atom is 0.223 e. The molecule has 2 heterocycles. The lowest BCUT2D eigenvalue weighted by atomic mass is 9.75. The first-order valence-electron chi connectivity index (χ1n) is 10.4. The molecule has 1 saturated heterocycles. The van der Waals surface area contributed by atoms with E-state index in [1.54, 1.807) is 6.20 Å². The van der Waals surface area contributed by atoms with Crippen molar-refractivity contribution in [1.82, 2.24) is 15.2 Å². The highest BCUT2D eigenvalue weighted by molar-refractivity contribution is 5.78. The van der Waals surface area contributed by atoms with Crippen LogP contribution in [0.3, 0.4) is 0 Å². The van der Waals surface area contributed by atoms with E-state index in [4.69, 9.17) is 0 Å². The second kappa shape index (κ2) is 8.84. The summed E-state index contributed by atoms with van der Waals surface area (Å²) in [6, 6.07) is 16.4. The van der Waals surface area contributed by atoms with E-state index < -0.39 is 0 Å². The molecule has 1 aliphatic heterocycles. The highest BCUT2D eigenvalue weighted by atomic mass is 16.3. The van der Waals surface area contributed by atoms with E-state index >= 15 is 0 Å². The largest absolute Gasteiger partial charge is 0.395 e. The molecule has 148 valence electrons. The summed E-state index contributed by atoms with van der Waals surface area (Å²) in [6.45, 7) is 1.39. The number of pyridine rings is 1. The van der Waals surface area contributed by atoms with Crippen molar-refractivity contribution in [2.24, 2.45) is 5.92 Å². The number of aliphatic hydroxyl groups excluding tert-OH is 1. The number of amides is 1. The van der Waals surface area contributed by atoms with E-state index in [1.807, 2.05) is 36.4 Å². The molecule has 1 aliphatic carbocycles. The molecule has 1 aromatic heterocycles. The summed E-state index contributed by atoms with van der Waals surface area (Å²) < 4.78 is 0. The van der Waals surface area contributed by atoms with E-state index in [0.717, 1.165) is 31.4 Å². The SMILES string of the molecule is O=C(NC[C@@H]1[C@H](c2ccccc2)[C@H](CO)N1Cc1ccccn1)C1CCCC1. The lowest BCUT2D eigenvalue weighted by Gasteiger charge is -2.55. The van der Waals surface area contributed by atoms with Crippen LogP contribution in [0.2, 0.25) is 0 Å². The number of carbonyl (C=O) groups is 1. The summed E-state index contributed by atoms with van der Waals surface area (Å²) in [5.74, 6) is 0.571. The molecule has 1 saturated carbocycles. The molecular formula is C23H29N3O2. The van der Waals surface area contributed by atoms with Crippen molar-refractivity contribution in [2.75, 3.05) is 13.2 Å². The van der Waals surface area contributed by atoms with E-state index in [2.05, 4.69) is 27.3 Å². The fourth-order valence-corrected chi connectivity index (χ4v) is 4.85. The van der Waals surface area contributed by atoms with Gasteiger partial charge in [-0.15, -0.1) is 0 Å². The normalized spacial score (nSPS) is 25.4. The number of carbonyl (C=O) groups excluding carboxylic acids is 1. The highest BCUT2D eigenvalue weighted by Gasteiger charge is 2.48. The Kier molecular flexibility index (Phi) is 6.03. The number of rotatable bonds is 7. The third-order valence-electron chi connectivity index (χ3n) is 6.33. The van der Waals surface area contributed by atoms with Crippen LogP contribution in [0.25, 0.3) is 0 Å². The highest BCUT2D eigenvalue weighted by Crippen LogP contribution is 2.41. The molecule has 0 bridgehead atoms. The summed E-state index contributed by atoms with van der Waals surface area (Å²) in [5.41, 5.74) is 2.21. The van der Waals surface area contributed by atoms with Gasteiger partial charge in [0, 0.05) is 43.2 Å². The third-order valence-corrected chi connectivity index (χ3v) is 6.33. The van der Waals surface area contributed by atoms with Crippen LogP contribution in [0, 0.1) is 5.92 Å². The second-order valence-electron chi connectivity index (χ2n) is 7.97. The van der Waals surface area contributed by atoms with Gasteiger partial charge in [0.15, 0.2) is 0 Å². The Balaban J connectivity index is 1.50. The third kappa shape index (κ3) is 3.96. The molecule has 2 fully saturated rings. The van der Waals surface area contributed by atoms with Crippen LogP contribution < -0.4 is 5.32 Å². The molecule has 5 heteroatoms. The molecule has 2 aliphatic rings. The number of nitrogens with one attached hydrogen (secondary N) is 1. The van der Waals surface area contributed by atoms with Crippen LogP contribution in [0.5, 0.6) is 0 Å². The number of likely N-dealkylation sites (tertiary alicyclic amines) is 1. The summed E-state index contributed by atoms with van der Waals surface area (Å²) in [5, 5.41) is 13.3. The van der Waals surface area contributed by atoms with Gasteiger partial charge in [-0.25, -0.2) is 0 Å². The van der Waals surface area contributed by atoms with Gasteiger partial charge in [-0.05, 0) is 30.5 Å². The van der Waals surface area contributed by atoms with Gasteiger partial charge in [-0.2, -0.15) is 0 Å². The lowest BCUT2D eigenvalue weighted by Crippen LogP contribution is -2.66. The molecule has 28 heavy (non-hydrogen) atoms. The second-order valence-corrected chi connectivity index (χ2v) is 7.97. The molecule has 3 atom stereocenters. The first-order valence-corrected chi connectivity index (χ1v) is 10.4. The van der Waals surface area contributed by atoms with E-state index in [0.29, 0.717) is 13.1 Å². The molecule has 2 N–H and O–H groups in total. The van der Waals surface area contributed by atoms with E-state index in [1.165, 1.54) is 5.56 Å². The summed E-state index contributed by atoms with van der Waals surface area (Å²) in [4.78, 5) is 19.3. The van der Waals surface area contributed by atoms with Crippen molar-refractivity contribution in [3.63, 3.8) is 0 Å². The van der Waals surface area contributed by atoms with Gasteiger partial charge in [-0.3, -0.25) is 14.7 Å². The Hall–Kier alpha value is -2.24. The zero-order chi connectivity index (χ0) is 19.3. The molecule has 0 radical (unpaired) electrons. The summed E-state index contributed by atoms with van der Waals surface area (Å²) >= 11 is 0. The predicted octanol–water partition coefficient (Wildman–Crippen LogP) is 2.72. The van der Waals surface area contributed by atoms with Crippen molar-refractivity contribution in [1.29, 1.82) is 0 Å². The maximum absolute atomic E-state index is 12.6. The van der Waals surface area contributed by atoms with Crippen LogP contribution in [0.4, 0.5) is 0 Å². The Bertz CT molecular complexity index is 762. The van der Waals surface area contributed by atoms with Crippen LogP contribution in [0.1, 0.15) is 42.9 Å². The predicted molar refractivity (Wildman–Crippen MR) is 109 cm³/mol. The minimum atomic E-state index is 0.0396. The van der Waals surface area contributed by atoms with Gasteiger partial charge in [0.2, 0.25) is 5.91 Å². The Morgan fingerprint density at radius 1 is 1.07 bits per heavy atom. The van der Waals surface area contributed by atoms with Gasteiger partial charge in [0.1, 0.15) is 0 Å². The van der Waals surface area contributed by atoms with Crippen molar-refractivity contribution in [2.45, 2.75) is 50.2 Å². The molecule has 4 rings (SSSR count). The minimum absolute atomic E-state index is 0.0396. The number of aromatic nitrogens is 1. The average molecular weight is 380 g/mol. The van der Waals surface area contributed by atoms with Gasteiger partial charge in [0.25, 0.3) is 0 Å². The standard InChI is InChI=1S/C23H29N3O2/c27-16-21-22(17-8-2-1-3-9-17)20(14-25-23(28)18-10-4-5-11-18)26(21)15-19-12-6-7-13-24-19/h1-3,6-9,12-13,18,20-22,27H,4-5,10-11,14-16H2,(H,25,28)/t20-,21+,22+/m1/s1. The average Bonchev–Trinajstić information content (AvgIpc) is 3.27. The quantitative estimate of drug-likeness (QED) is 0.776. The summed E-state index contributed by atoms with van der Waals surface area (Å²) in [7, 11) is 0. The fraction of sp³-hybridized carbons (Fsp3) is 0.478. The van der Waals surface area contributed by atoms with Gasteiger partial charge in [-0.1, -0.05) is 49.2 Å². The summed E-state index contributed by atoms with van der Waals surface area (Å²) in [6.07, 6.45) is 6.14. The Morgan fingerprint density at radius 3 is 2.50 bits per heavy atom. The zero-order valence-electron chi connectivity index (χ0n) is 16.2. The topological polar surface area (TPSA) is 65.5 Å². The molecule has 2 aromatic rings. The molecule has 0 unspecified atom stereocenters. The smallest absolute Gasteiger partial charge is 0.223 e. The van der Waals surface area contributed by atoms with Gasteiger partial charge in [0.05, 0.1) is 12.3 Å². The molecular weight excluding hydrogens is 350 g/mol. The number of hydrogen-bond donors (Lipinski definition) is 2. The molecule has 1 aromatic carbocycles. The Morgan fingerprint density at radius 2 is 1.82 bits per heavy atom. The first kappa shape index (κ1) is 19.1. The van der Waals surface area contributed by atoms with Gasteiger partial charge >= 0.3 is 0 Å². The number of aliphatic hydroxyl groups is 1. The number of nitrogens with zero attached hydrogens (tertiary/aromatic N) is 2. The van der Waals surface area contributed by atoms with E-state index in [-0.39, 0.29) is 36.4 Å². The van der Waals surface area contributed by atoms with Crippen molar-refractivity contribution < 1.29 is 9.90 Å². The molecule has 0 spiro atoms. The first-order chi connectivity index (χ1) is 13.8. The van der Waals surface area contributed by atoms with Crippen molar-refractivity contribution in [3.05, 3.63) is 66.0 Å².